The minimum absolute atomic E-state index is 0.0326. The molecule has 7 heteroatoms. The Bertz CT molecular complexity index is 541. The summed E-state index contributed by atoms with van der Waals surface area (Å²) >= 11 is 0.970. The van der Waals surface area contributed by atoms with Crippen LogP contribution in [-0.4, -0.2) is 41.9 Å². The van der Waals surface area contributed by atoms with E-state index >= 15 is 0 Å². The van der Waals surface area contributed by atoms with Crippen molar-refractivity contribution in [2.24, 2.45) is 5.41 Å². The molecule has 114 valence electrons. The van der Waals surface area contributed by atoms with E-state index in [9.17, 15) is 14.9 Å². The van der Waals surface area contributed by atoms with Crippen molar-refractivity contribution >= 4 is 22.2 Å². The van der Waals surface area contributed by atoms with Gasteiger partial charge >= 0.3 is 5.00 Å². The van der Waals surface area contributed by atoms with Gasteiger partial charge in [0.2, 0.25) is 0 Å². The van der Waals surface area contributed by atoms with E-state index in [1.54, 1.807) is 6.07 Å². The van der Waals surface area contributed by atoms with Gasteiger partial charge in [-0.05, 0) is 50.3 Å². The summed E-state index contributed by atoms with van der Waals surface area (Å²) in [5.41, 5.74) is 0.406. The smallest absolute Gasteiger partial charge is 0.324 e. The number of thiophene rings is 1. The van der Waals surface area contributed by atoms with E-state index in [0.717, 1.165) is 50.4 Å². The minimum Gasteiger partial charge on any atom is -0.338 e. The lowest BCUT2D eigenvalue weighted by molar-refractivity contribution is -0.380. The van der Waals surface area contributed by atoms with Crippen molar-refractivity contribution in [2.45, 2.75) is 25.7 Å². The Morgan fingerprint density at radius 2 is 1.90 bits per heavy atom. The van der Waals surface area contributed by atoms with Crippen LogP contribution in [0, 0.1) is 15.5 Å². The van der Waals surface area contributed by atoms with E-state index in [0.29, 0.717) is 10.3 Å². The summed E-state index contributed by atoms with van der Waals surface area (Å²) in [5, 5.41) is 14.1. The molecule has 2 saturated heterocycles. The van der Waals surface area contributed by atoms with Gasteiger partial charge in [-0.15, -0.1) is 0 Å². The normalized spacial score (nSPS) is 21.4. The first-order chi connectivity index (χ1) is 10.1. The molecule has 0 saturated carbocycles. The Hall–Kier alpha value is -1.47. The molecular weight excluding hydrogens is 290 g/mol. The van der Waals surface area contributed by atoms with Crippen LogP contribution in [0.5, 0.6) is 0 Å². The number of carbonyl (C=O) groups excluding carboxylic acids is 1. The monoisotopic (exact) mass is 309 g/mol. The van der Waals surface area contributed by atoms with Gasteiger partial charge in [0, 0.05) is 19.2 Å². The quantitative estimate of drug-likeness (QED) is 0.671. The molecule has 1 aromatic rings. The first-order valence-electron chi connectivity index (χ1n) is 7.34. The van der Waals surface area contributed by atoms with Gasteiger partial charge in [-0.2, -0.15) is 0 Å². The lowest BCUT2D eigenvalue weighted by Gasteiger charge is -2.44. The molecule has 0 aromatic carbocycles. The molecule has 0 unspecified atom stereocenters. The zero-order chi connectivity index (χ0) is 14.9. The van der Waals surface area contributed by atoms with E-state index in [1.807, 2.05) is 4.90 Å². The molecule has 1 spiro atoms. The third-order valence-electron chi connectivity index (χ3n) is 4.76. The highest BCUT2D eigenvalue weighted by molar-refractivity contribution is 7.17. The van der Waals surface area contributed by atoms with Crippen molar-refractivity contribution in [2.75, 3.05) is 26.2 Å². The van der Waals surface area contributed by atoms with E-state index in [1.165, 1.54) is 18.9 Å². The molecule has 1 amide bonds. The van der Waals surface area contributed by atoms with Gasteiger partial charge in [-0.3, -0.25) is 14.9 Å². The highest BCUT2D eigenvalue weighted by Gasteiger charge is 2.37. The summed E-state index contributed by atoms with van der Waals surface area (Å²) in [6.07, 6.45) is 4.49. The first-order valence-corrected chi connectivity index (χ1v) is 8.16. The molecule has 3 heterocycles. The highest BCUT2D eigenvalue weighted by Crippen LogP contribution is 2.40. The standard InChI is InChI=1S/C14H19N3O3S/c18-13(11-1-2-12(21-11)17(19)20)16-9-5-14(6-10-16)3-7-15-8-4-14/h1-2,15H,3-10H2. The lowest BCUT2D eigenvalue weighted by Crippen LogP contribution is -2.47. The van der Waals surface area contributed by atoms with Crippen molar-refractivity contribution < 1.29 is 9.72 Å². The number of nitrogens with one attached hydrogen (secondary N) is 1. The molecule has 1 aromatic heterocycles. The van der Waals surface area contributed by atoms with E-state index in [-0.39, 0.29) is 10.9 Å². The molecule has 21 heavy (non-hydrogen) atoms. The maximum Gasteiger partial charge on any atom is 0.324 e. The predicted molar refractivity (Wildman–Crippen MR) is 80.6 cm³/mol. The maximum absolute atomic E-state index is 12.4. The fraction of sp³-hybridized carbons (Fsp3) is 0.643. The average Bonchev–Trinajstić information content (AvgIpc) is 2.98. The van der Waals surface area contributed by atoms with Gasteiger partial charge in [0.05, 0.1) is 9.80 Å². The Morgan fingerprint density at radius 3 is 2.48 bits per heavy atom. The van der Waals surface area contributed by atoms with Crippen LogP contribution in [0.3, 0.4) is 0 Å². The fourth-order valence-corrected chi connectivity index (χ4v) is 4.13. The van der Waals surface area contributed by atoms with Crippen molar-refractivity contribution in [3.8, 4) is 0 Å². The van der Waals surface area contributed by atoms with Crippen LogP contribution in [-0.2, 0) is 0 Å². The Balaban J connectivity index is 1.63. The van der Waals surface area contributed by atoms with Crippen molar-refractivity contribution in [1.82, 2.24) is 10.2 Å². The number of amides is 1. The second-order valence-corrected chi connectivity index (χ2v) is 7.00. The molecule has 6 nitrogen and oxygen atoms in total. The summed E-state index contributed by atoms with van der Waals surface area (Å²) in [7, 11) is 0. The number of nitro groups is 1. The van der Waals surface area contributed by atoms with Gasteiger partial charge in [0.25, 0.3) is 5.91 Å². The number of carbonyl (C=O) groups is 1. The Kier molecular flexibility index (Phi) is 3.95. The summed E-state index contributed by atoms with van der Waals surface area (Å²) in [5.74, 6) is -0.0584. The van der Waals surface area contributed by atoms with Crippen molar-refractivity contribution in [3.63, 3.8) is 0 Å². The minimum atomic E-state index is -0.443. The molecule has 2 fully saturated rings. The first kappa shape index (κ1) is 14.5. The van der Waals surface area contributed by atoms with E-state index in [2.05, 4.69) is 5.32 Å². The van der Waals surface area contributed by atoms with E-state index in [4.69, 9.17) is 0 Å². The third kappa shape index (κ3) is 2.94. The summed E-state index contributed by atoms with van der Waals surface area (Å²) in [6.45, 7) is 3.69. The van der Waals surface area contributed by atoms with Crippen LogP contribution in [0.15, 0.2) is 12.1 Å². The molecule has 1 N–H and O–H groups in total. The van der Waals surface area contributed by atoms with Crippen molar-refractivity contribution in [1.29, 1.82) is 0 Å². The molecule has 0 bridgehead atoms. The van der Waals surface area contributed by atoms with Crippen LogP contribution < -0.4 is 5.32 Å². The number of hydrogen-bond acceptors (Lipinski definition) is 5. The largest absolute Gasteiger partial charge is 0.338 e. The summed E-state index contributed by atoms with van der Waals surface area (Å²) in [4.78, 5) is 25.0. The predicted octanol–water partition coefficient (Wildman–Crippen LogP) is 2.26. The molecule has 0 radical (unpaired) electrons. The fourth-order valence-electron chi connectivity index (χ4n) is 3.34. The van der Waals surface area contributed by atoms with Gasteiger partial charge in [-0.25, -0.2) is 0 Å². The molecule has 0 atom stereocenters. The average molecular weight is 309 g/mol. The summed E-state index contributed by atoms with van der Waals surface area (Å²) in [6, 6.07) is 2.98. The number of rotatable bonds is 2. The number of likely N-dealkylation sites (tertiary alicyclic amines) is 1. The van der Waals surface area contributed by atoms with Crippen LogP contribution in [0.25, 0.3) is 0 Å². The third-order valence-corrected chi connectivity index (χ3v) is 5.78. The van der Waals surface area contributed by atoms with Gasteiger partial charge in [0.1, 0.15) is 0 Å². The second-order valence-electron chi connectivity index (χ2n) is 5.94. The Morgan fingerprint density at radius 1 is 1.24 bits per heavy atom. The van der Waals surface area contributed by atoms with Crippen molar-refractivity contribution in [3.05, 3.63) is 27.1 Å². The van der Waals surface area contributed by atoms with Gasteiger partial charge in [-0.1, -0.05) is 11.3 Å². The highest BCUT2D eigenvalue weighted by atomic mass is 32.1. The maximum atomic E-state index is 12.4. The number of nitrogens with zero attached hydrogens (tertiary/aromatic N) is 2. The van der Waals surface area contributed by atoms with Crippen LogP contribution in [0.4, 0.5) is 5.00 Å². The number of piperidine rings is 2. The summed E-state index contributed by atoms with van der Waals surface area (Å²) < 4.78 is 0. The molecule has 2 aliphatic heterocycles. The zero-order valence-electron chi connectivity index (χ0n) is 11.8. The zero-order valence-corrected chi connectivity index (χ0v) is 12.7. The van der Waals surface area contributed by atoms with Crippen LogP contribution in [0.1, 0.15) is 35.4 Å². The molecule has 3 rings (SSSR count). The van der Waals surface area contributed by atoms with Gasteiger partial charge < -0.3 is 10.2 Å². The topological polar surface area (TPSA) is 75.5 Å². The van der Waals surface area contributed by atoms with E-state index < -0.39 is 4.92 Å². The number of hydrogen-bond donors (Lipinski definition) is 1. The second kappa shape index (κ2) is 5.73. The molecular formula is C14H19N3O3S. The van der Waals surface area contributed by atoms with Crippen LogP contribution in [0.2, 0.25) is 0 Å². The SMILES string of the molecule is O=C(c1ccc([N+](=O)[O-])s1)N1CCC2(CCNCC2)CC1. The lowest BCUT2D eigenvalue weighted by atomic mass is 9.71. The van der Waals surface area contributed by atoms with Gasteiger partial charge in [0.15, 0.2) is 0 Å². The van der Waals surface area contributed by atoms with Crippen LogP contribution >= 0.6 is 11.3 Å². The molecule has 0 aliphatic carbocycles. The molecule has 2 aliphatic rings. The Labute approximate surface area is 127 Å².